The molecule has 0 saturated carbocycles. The molecule has 1 aliphatic rings. The summed E-state index contributed by atoms with van der Waals surface area (Å²) in [6, 6.07) is 5.48. The molecule has 0 saturated heterocycles. The van der Waals surface area contributed by atoms with Gasteiger partial charge in [-0.05, 0) is 12.1 Å². The summed E-state index contributed by atoms with van der Waals surface area (Å²) in [6.07, 6.45) is 1.24. The van der Waals surface area contributed by atoms with E-state index in [4.69, 9.17) is 9.47 Å². The van der Waals surface area contributed by atoms with E-state index >= 15 is 0 Å². The molecular weight excluding hydrogens is 238 g/mol. The largest absolute Gasteiger partial charge is 0.490 e. The molecule has 1 aromatic carbocycles. The Balaban J connectivity index is 1.72. The van der Waals surface area contributed by atoms with Crippen LogP contribution in [0.15, 0.2) is 29.8 Å². The van der Waals surface area contributed by atoms with Crippen LogP contribution in [0.4, 0.5) is 0 Å². The van der Waals surface area contributed by atoms with E-state index in [0.717, 1.165) is 16.3 Å². The van der Waals surface area contributed by atoms with Crippen LogP contribution in [0.2, 0.25) is 0 Å². The summed E-state index contributed by atoms with van der Waals surface area (Å²) < 4.78 is 10.9. The molecule has 2 heterocycles. The Bertz CT molecular complexity index is 512. The Hall–Kier alpha value is -1.59. The van der Waals surface area contributed by atoms with E-state index in [0.29, 0.717) is 19.0 Å². The van der Waals surface area contributed by atoms with Crippen LogP contribution in [0.5, 0.6) is 11.5 Å². The van der Waals surface area contributed by atoms with Crippen molar-refractivity contribution < 1.29 is 14.6 Å². The average Bonchev–Trinajstić information content (AvgIpc) is 2.97. The zero-order chi connectivity index (χ0) is 11.7. The van der Waals surface area contributed by atoms with Crippen molar-refractivity contribution in [1.82, 2.24) is 4.98 Å². The Morgan fingerprint density at radius 1 is 1.53 bits per heavy atom. The number of nitrogens with zero attached hydrogens (tertiary/aromatic N) is 1. The first-order valence-electron chi connectivity index (χ1n) is 5.29. The molecular formula is C12H11NO3S. The second kappa shape index (κ2) is 4.35. The molecule has 1 atom stereocenters. The second-order valence-corrected chi connectivity index (χ2v) is 4.72. The molecule has 0 spiro atoms. The van der Waals surface area contributed by atoms with E-state index in [9.17, 15) is 5.11 Å². The van der Waals surface area contributed by atoms with Gasteiger partial charge in [0.25, 0.3) is 0 Å². The molecule has 4 nitrogen and oxygen atoms in total. The SMILES string of the molecule is OC1COc2cc(OCc3nccs3)ccc21. The minimum absolute atomic E-state index is 0.325. The lowest BCUT2D eigenvalue weighted by Gasteiger charge is -2.06. The molecule has 5 heteroatoms. The third kappa shape index (κ3) is 2.11. The van der Waals surface area contributed by atoms with Gasteiger partial charge in [-0.3, -0.25) is 0 Å². The van der Waals surface area contributed by atoms with E-state index in [-0.39, 0.29) is 0 Å². The molecule has 88 valence electrons. The van der Waals surface area contributed by atoms with Crippen LogP contribution in [0.1, 0.15) is 16.7 Å². The van der Waals surface area contributed by atoms with Crippen LogP contribution in [0, 0.1) is 0 Å². The lowest BCUT2D eigenvalue weighted by atomic mass is 10.1. The summed E-state index contributed by atoms with van der Waals surface area (Å²) in [5.74, 6) is 1.43. The number of thiazole rings is 1. The third-order valence-electron chi connectivity index (χ3n) is 2.59. The number of benzene rings is 1. The molecule has 1 N–H and O–H groups in total. The predicted molar refractivity (Wildman–Crippen MR) is 63.3 cm³/mol. The van der Waals surface area contributed by atoms with Crippen molar-refractivity contribution in [2.75, 3.05) is 6.61 Å². The van der Waals surface area contributed by atoms with Crippen molar-refractivity contribution in [2.24, 2.45) is 0 Å². The van der Waals surface area contributed by atoms with E-state index < -0.39 is 6.10 Å². The van der Waals surface area contributed by atoms with Gasteiger partial charge in [-0.2, -0.15) is 0 Å². The summed E-state index contributed by atoms with van der Waals surface area (Å²) in [4.78, 5) is 4.14. The highest BCUT2D eigenvalue weighted by molar-refractivity contribution is 7.09. The number of hydrogen-bond donors (Lipinski definition) is 1. The third-order valence-corrected chi connectivity index (χ3v) is 3.34. The molecule has 17 heavy (non-hydrogen) atoms. The molecule has 1 aromatic heterocycles. The standard InChI is InChI=1S/C12H11NO3S/c14-10-6-16-11-5-8(1-2-9(10)11)15-7-12-13-3-4-17-12/h1-5,10,14H,6-7H2. The Morgan fingerprint density at radius 2 is 2.47 bits per heavy atom. The van der Waals surface area contributed by atoms with Crippen LogP contribution in [0.3, 0.4) is 0 Å². The highest BCUT2D eigenvalue weighted by atomic mass is 32.1. The zero-order valence-electron chi connectivity index (χ0n) is 9.00. The molecule has 0 bridgehead atoms. The first kappa shape index (κ1) is 10.6. The Labute approximate surface area is 102 Å². The van der Waals surface area contributed by atoms with Crippen molar-refractivity contribution in [3.63, 3.8) is 0 Å². The van der Waals surface area contributed by atoms with Gasteiger partial charge in [-0.15, -0.1) is 11.3 Å². The summed E-state index contributed by atoms with van der Waals surface area (Å²) in [5.41, 5.74) is 0.826. The summed E-state index contributed by atoms with van der Waals surface area (Å²) in [6.45, 7) is 0.782. The maximum absolute atomic E-state index is 9.58. The van der Waals surface area contributed by atoms with Crippen LogP contribution in [-0.4, -0.2) is 16.7 Å². The van der Waals surface area contributed by atoms with Gasteiger partial charge in [0.15, 0.2) is 0 Å². The highest BCUT2D eigenvalue weighted by Gasteiger charge is 2.21. The van der Waals surface area contributed by atoms with Crippen molar-refractivity contribution in [3.05, 3.63) is 40.3 Å². The van der Waals surface area contributed by atoms with E-state index in [1.54, 1.807) is 23.6 Å². The van der Waals surface area contributed by atoms with Crippen molar-refractivity contribution >= 4 is 11.3 Å². The summed E-state index contributed by atoms with van der Waals surface area (Å²) >= 11 is 1.56. The molecule has 0 amide bonds. The van der Waals surface area contributed by atoms with Crippen molar-refractivity contribution in [2.45, 2.75) is 12.7 Å². The van der Waals surface area contributed by atoms with Crippen LogP contribution >= 0.6 is 11.3 Å². The van der Waals surface area contributed by atoms with Gasteiger partial charge < -0.3 is 14.6 Å². The number of aliphatic hydroxyl groups excluding tert-OH is 1. The number of hydrogen-bond acceptors (Lipinski definition) is 5. The van der Waals surface area contributed by atoms with E-state index in [1.807, 2.05) is 17.5 Å². The van der Waals surface area contributed by atoms with Crippen LogP contribution < -0.4 is 9.47 Å². The van der Waals surface area contributed by atoms with Crippen LogP contribution in [0.25, 0.3) is 0 Å². The minimum Gasteiger partial charge on any atom is -0.490 e. The monoisotopic (exact) mass is 249 g/mol. The smallest absolute Gasteiger partial charge is 0.140 e. The number of aliphatic hydroxyl groups is 1. The molecule has 1 aliphatic heterocycles. The fourth-order valence-electron chi connectivity index (χ4n) is 1.73. The van der Waals surface area contributed by atoms with Crippen molar-refractivity contribution in [1.29, 1.82) is 0 Å². The van der Waals surface area contributed by atoms with Crippen molar-refractivity contribution in [3.8, 4) is 11.5 Å². The first-order chi connectivity index (χ1) is 8.33. The molecule has 1 unspecified atom stereocenters. The number of fused-ring (bicyclic) bond motifs is 1. The Kier molecular flexibility index (Phi) is 2.70. The Morgan fingerprint density at radius 3 is 3.29 bits per heavy atom. The van der Waals surface area contributed by atoms with Crippen LogP contribution in [-0.2, 0) is 6.61 Å². The average molecular weight is 249 g/mol. The highest BCUT2D eigenvalue weighted by Crippen LogP contribution is 2.35. The molecule has 0 radical (unpaired) electrons. The maximum Gasteiger partial charge on any atom is 0.140 e. The molecule has 0 fully saturated rings. The predicted octanol–water partition coefficient (Wildman–Crippen LogP) is 2.15. The molecule has 2 aromatic rings. The quantitative estimate of drug-likeness (QED) is 0.905. The molecule has 0 aliphatic carbocycles. The summed E-state index contributed by atoms with van der Waals surface area (Å²) in [5, 5.41) is 12.4. The minimum atomic E-state index is -0.516. The second-order valence-electron chi connectivity index (χ2n) is 3.74. The van der Waals surface area contributed by atoms with Gasteiger partial charge in [-0.25, -0.2) is 4.98 Å². The zero-order valence-corrected chi connectivity index (χ0v) is 9.81. The number of aromatic nitrogens is 1. The maximum atomic E-state index is 9.58. The van der Waals surface area contributed by atoms with Gasteiger partial charge >= 0.3 is 0 Å². The van der Waals surface area contributed by atoms with E-state index in [2.05, 4.69) is 4.98 Å². The lowest BCUT2D eigenvalue weighted by Crippen LogP contribution is -1.97. The van der Waals surface area contributed by atoms with Gasteiger partial charge in [0.2, 0.25) is 0 Å². The lowest BCUT2D eigenvalue weighted by molar-refractivity contribution is 0.140. The normalized spacial score (nSPS) is 17.6. The first-order valence-corrected chi connectivity index (χ1v) is 6.17. The van der Waals surface area contributed by atoms with Gasteiger partial charge in [0.1, 0.15) is 35.8 Å². The van der Waals surface area contributed by atoms with Gasteiger partial charge in [0.05, 0.1) is 0 Å². The topological polar surface area (TPSA) is 51.6 Å². The van der Waals surface area contributed by atoms with E-state index in [1.165, 1.54) is 0 Å². The fourth-order valence-corrected chi connectivity index (χ4v) is 2.26. The molecule has 3 rings (SSSR count). The fraction of sp³-hybridized carbons (Fsp3) is 0.250. The number of ether oxygens (including phenoxy) is 2. The van der Waals surface area contributed by atoms with Gasteiger partial charge in [0, 0.05) is 23.2 Å². The number of rotatable bonds is 3. The van der Waals surface area contributed by atoms with Gasteiger partial charge in [-0.1, -0.05) is 0 Å². The summed E-state index contributed by atoms with van der Waals surface area (Å²) in [7, 11) is 0.